The molecule has 84 valence electrons. The Morgan fingerprint density at radius 2 is 2.14 bits per heavy atom. The number of nitrogens with two attached hydrogens (primary N) is 1. The van der Waals surface area contributed by atoms with E-state index in [1.807, 2.05) is 6.92 Å². The minimum Gasteiger partial charge on any atom is -0.293 e. The molecule has 0 aliphatic carbocycles. The quantitative estimate of drug-likeness (QED) is 0.372. The summed E-state index contributed by atoms with van der Waals surface area (Å²) < 4.78 is 21.6. The molecule has 1 unspecified atom stereocenters. The van der Waals surface area contributed by atoms with Crippen molar-refractivity contribution in [3.05, 3.63) is 0 Å². The highest BCUT2D eigenvalue weighted by atomic mass is 32.2. The van der Waals surface area contributed by atoms with Crippen LogP contribution < -0.4 is 11.3 Å². The highest BCUT2D eigenvalue weighted by molar-refractivity contribution is 8.01. The average Bonchev–Trinajstić information content (AvgIpc) is 2.09. The van der Waals surface area contributed by atoms with Gasteiger partial charge in [0.25, 0.3) is 0 Å². The largest absolute Gasteiger partial charge is 0.293 e. The summed E-state index contributed by atoms with van der Waals surface area (Å²) in [6, 6.07) is 0. The zero-order chi connectivity index (χ0) is 11.2. The second kappa shape index (κ2) is 6.26. The van der Waals surface area contributed by atoms with Crippen LogP contribution in [-0.2, 0) is 14.6 Å². The minimum absolute atomic E-state index is 0.0893. The maximum Gasteiger partial charge on any atom is 0.246 e. The number of carbonyl (C=O) groups excluding carboxylic acids is 1. The molecule has 1 amide bonds. The Morgan fingerprint density at radius 3 is 2.50 bits per heavy atom. The van der Waals surface area contributed by atoms with Crippen LogP contribution in [0, 0.1) is 0 Å². The topological polar surface area (TPSA) is 89.3 Å². The number of carbonyl (C=O) groups is 1. The lowest BCUT2D eigenvalue weighted by atomic mass is 10.3. The van der Waals surface area contributed by atoms with Gasteiger partial charge in [0, 0.05) is 12.0 Å². The lowest BCUT2D eigenvalue weighted by molar-refractivity contribution is -0.120. The van der Waals surface area contributed by atoms with E-state index in [0.29, 0.717) is 12.2 Å². The van der Waals surface area contributed by atoms with Crippen LogP contribution in [-0.4, -0.2) is 37.3 Å². The molecule has 0 aliphatic heterocycles. The summed E-state index contributed by atoms with van der Waals surface area (Å²) in [7, 11) is -2.94. The first-order valence-electron chi connectivity index (χ1n) is 4.20. The number of amides is 1. The van der Waals surface area contributed by atoms with E-state index in [0.717, 1.165) is 0 Å². The molecule has 0 saturated heterocycles. The van der Waals surface area contributed by atoms with Crippen LogP contribution in [0.15, 0.2) is 0 Å². The van der Waals surface area contributed by atoms with Gasteiger partial charge in [-0.1, -0.05) is 6.92 Å². The molecule has 0 aromatic rings. The number of rotatable bonds is 6. The number of thioether (sulfide) groups is 1. The van der Waals surface area contributed by atoms with E-state index in [4.69, 9.17) is 5.84 Å². The van der Waals surface area contributed by atoms with Crippen LogP contribution >= 0.6 is 11.8 Å². The van der Waals surface area contributed by atoms with Gasteiger partial charge in [0.05, 0.1) is 11.0 Å². The predicted molar refractivity (Wildman–Crippen MR) is 58.6 cm³/mol. The van der Waals surface area contributed by atoms with Crippen molar-refractivity contribution in [3.8, 4) is 0 Å². The Kier molecular flexibility index (Phi) is 6.14. The van der Waals surface area contributed by atoms with Crippen LogP contribution in [0.25, 0.3) is 0 Å². The second-order valence-electron chi connectivity index (χ2n) is 2.91. The number of sulfone groups is 1. The summed E-state index contributed by atoms with van der Waals surface area (Å²) in [6.45, 7) is 1.85. The molecule has 0 aromatic heterocycles. The zero-order valence-electron chi connectivity index (χ0n) is 8.32. The van der Waals surface area contributed by atoms with Gasteiger partial charge in [0.2, 0.25) is 5.91 Å². The molecule has 14 heavy (non-hydrogen) atoms. The van der Waals surface area contributed by atoms with Crippen molar-refractivity contribution in [2.75, 3.05) is 17.8 Å². The molecule has 0 radical (unpaired) electrons. The molecule has 1 atom stereocenters. The van der Waals surface area contributed by atoms with E-state index in [1.54, 1.807) is 0 Å². The Labute approximate surface area is 88.7 Å². The van der Waals surface area contributed by atoms with Gasteiger partial charge < -0.3 is 0 Å². The van der Waals surface area contributed by atoms with Crippen molar-refractivity contribution >= 4 is 27.5 Å². The van der Waals surface area contributed by atoms with Crippen molar-refractivity contribution in [2.24, 2.45) is 5.84 Å². The van der Waals surface area contributed by atoms with Crippen molar-refractivity contribution in [2.45, 2.75) is 18.6 Å². The number of hydrogen-bond acceptors (Lipinski definition) is 5. The fourth-order valence-corrected chi connectivity index (χ4v) is 3.15. The molecule has 3 N–H and O–H groups in total. The van der Waals surface area contributed by atoms with Crippen LogP contribution in [0.5, 0.6) is 0 Å². The number of hydrazine groups is 1. The van der Waals surface area contributed by atoms with Crippen molar-refractivity contribution in [1.82, 2.24) is 5.43 Å². The van der Waals surface area contributed by atoms with Gasteiger partial charge in [0.1, 0.15) is 9.84 Å². The van der Waals surface area contributed by atoms with Crippen molar-refractivity contribution < 1.29 is 13.2 Å². The first-order valence-corrected chi connectivity index (χ1v) is 7.31. The molecule has 0 rings (SSSR count). The average molecular weight is 240 g/mol. The number of nitrogens with one attached hydrogen (secondary N) is 1. The van der Waals surface area contributed by atoms with Crippen LogP contribution in [0.2, 0.25) is 0 Å². The first-order chi connectivity index (χ1) is 6.40. The molecule has 7 heteroatoms. The van der Waals surface area contributed by atoms with Gasteiger partial charge >= 0.3 is 0 Å². The lowest BCUT2D eigenvalue weighted by Crippen LogP contribution is -2.37. The van der Waals surface area contributed by atoms with Gasteiger partial charge in [-0.25, -0.2) is 14.3 Å². The van der Waals surface area contributed by atoms with E-state index >= 15 is 0 Å². The second-order valence-corrected chi connectivity index (χ2v) is 6.48. The van der Waals surface area contributed by atoms with Gasteiger partial charge in [-0.3, -0.25) is 10.2 Å². The van der Waals surface area contributed by atoms with Crippen molar-refractivity contribution in [3.63, 3.8) is 0 Å². The molecular formula is C7H16N2O3S2. The van der Waals surface area contributed by atoms with Crippen LogP contribution in [0.3, 0.4) is 0 Å². The third-order valence-corrected chi connectivity index (χ3v) is 4.17. The number of hydrogen-bond donors (Lipinski definition) is 2. The SMILES string of the molecule is CCC(SCCS(C)(=O)=O)C(=O)NN. The Hall–Kier alpha value is -0.270. The molecule has 0 bridgehead atoms. The zero-order valence-corrected chi connectivity index (χ0v) is 9.95. The summed E-state index contributed by atoms with van der Waals surface area (Å²) in [5.41, 5.74) is 2.05. The smallest absolute Gasteiger partial charge is 0.246 e. The Balaban J connectivity index is 3.91. The van der Waals surface area contributed by atoms with Gasteiger partial charge in [-0.2, -0.15) is 0 Å². The molecule has 0 spiro atoms. The molecular weight excluding hydrogens is 224 g/mol. The molecule has 0 heterocycles. The van der Waals surface area contributed by atoms with Crippen LogP contribution in [0.1, 0.15) is 13.3 Å². The normalized spacial score (nSPS) is 13.6. The Bertz CT molecular complexity index is 277. The lowest BCUT2D eigenvalue weighted by Gasteiger charge is -2.11. The fraction of sp³-hybridized carbons (Fsp3) is 0.857. The highest BCUT2D eigenvalue weighted by Crippen LogP contribution is 2.14. The molecule has 0 saturated carbocycles. The molecule has 0 fully saturated rings. The third-order valence-electron chi connectivity index (χ3n) is 1.58. The summed E-state index contributed by atoms with van der Waals surface area (Å²) >= 11 is 1.31. The van der Waals surface area contributed by atoms with Crippen molar-refractivity contribution in [1.29, 1.82) is 0 Å². The maximum atomic E-state index is 11.1. The van der Waals surface area contributed by atoms with E-state index in [2.05, 4.69) is 5.43 Å². The summed E-state index contributed by atoms with van der Waals surface area (Å²) in [5, 5.41) is -0.262. The van der Waals surface area contributed by atoms with E-state index in [9.17, 15) is 13.2 Å². The van der Waals surface area contributed by atoms with E-state index in [-0.39, 0.29) is 16.9 Å². The Morgan fingerprint density at radius 1 is 1.57 bits per heavy atom. The summed E-state index contributed by atoms with van der Waals surface area (Å²) in [5.74, 6) is 5.23. The summed E-state index contributed by atoms with van der Waals surface area (Å²) in [6.07, 6.45) is 1.81. The monoisotopic (exact) mass is 240 g/mol. The van der Waals surface area contributed by atoms with Crippen LogP contribution in [0.4, 0.5) is 0 Å². The third kappa shape index (κ3) is 6.22. The van der Waals surface area contributed by atoms with Gasteiger partial charge in [0.15, 0.2) is 0 Å². The predicted octanol–water partition coefficient (Wildman–Crippen LogP) is -0.467. The minimum atomic E-state index is -2.94. The van der Waals surface area contributed by atoms with Gasteiger partial charge in [-0.15, -0.1) is 11.8 Å². The molecule has 0 aliphatic rings. The van der Waals surface area contributed by atoms with Gasteiger partial charge in [-0.05, 0) is 6.42 Å². The standard InChI is InChI=1S/C7H16N2O3S2/c1-3-6(7(10)9-8)13-4-5-14(2,11)12/h6H,3-5,8H2,1-2H3,(H,9,10). The van der Waals surface area contributed by atoms with E-state index in [1.165, 1.54) is 18.0 Å². The molecule has 5 nitrogen and oxygen atoms in total. The fourth-order valence-electron chi connectivity index (χ4n) is 0.814. The summed E-state index contributed by atoms with van der Waals surface area (Å²) in [4.78, 5) is 11.1. The maximum absolute atomic E-state index is 11.1. The van der Waals surface area contributed by atoms with E-state index < -0.39 is 9.84 Å². The molecule has 0 aromatic carbocycles. The first kappa shape index (κ1) is 13.7. The highest BCUT2D eigenvalue weighted by Gasteiger charge is 2.16.